The summed E-state index contributed by atoms with van der Waals surface area (Å²) in [5.41, 5.74) is 3.74. The molecule has 0 radical (unpaired) electrons. The van der Waals surface area contributed by atoms with Crippen LogP contribution in [0.4, 0.5) is 0 Å². The number of nitrogens with one attached hydrogen (secondary N) is 1. The molecule has 1 fully saturated rings. The van der Waals surface area contributed by atoms with E-state index in [9.17, 15) is 0 Å². The smallest absolute Gasteiger partial charge is 0.124 e. The van der Waals surface area contributed by atoms with Gasteiger partial charge in [0.25, 0.3) is 0 Å². The summed E-state index contributed by atoms with van der Waals surface area (Å²) >= 11 is 0. The van der Waals surface area contributed by atoms with Gasteiger partial charge in [-0.1, -0.05) is 60.2 Å². The van der Waals surface area contributed by atoms with E-state index in [1.807, 2.05) is 0 Å². The fraction of sp³-hybridized carbons (Fsp3) is 0.360. The lowest BCUT2D eigenvalue weighted by molar-refractivity contribution is 0.233. The lowest BCUT2D eigenvalue weighted by Crippen LogP contribution is -2.40. The molecule has 0 saturated carbocycles. The molecule has 0 aromatic heterocycles. The van der Waals surface area contributed by atoms with Crippen molar-refractivity contribution in [2.45, 2.75) is 39.0 Å². The van der Waals surface area contributed by atoms with Crippen LogP contribution in [-0.2, 0) is 13.2 Å². The molecule has 3 nitrogen and oxygen atoms in total. The number of fused-ring (bicyclic) bond motifs is 1. The zero-order chi connectivity index (χ0) is 19.3. The Balaban J connectivity index is 1.53. The molecule has 1 N–H and O–H groups in total. The van der Waals surface area contributed by atoms with Crippen molar-refractivity contribution in [1.82, 2.24) is 10.2 Å². The number of likely N-dealkylation sites (tertiary alicyclic amines) is 1. The average molecular weight is 375 g/mol. The maximum atomic E-state index is 6.28. The molecule has 1 aliphatic rings. The normalized spacial score (nSPS) is 15.8. The van der Waals surface area contributed by atoms with Crippen molar-refractivity contribution >= 4 is 10.8 Å². The molecule has 1 saturated heterocycles. The Morgan fingerprint density at radius 1 is 0.964 bits per heavy atom. The van der Waals surface area contributed by atoms with Gasteiger partial charge in [-0.3, -0.25) is 0 Å². The van der Waals surface area contributed by atoms with Crippen LogP contribution in [0.2, 0.25) is 0 Å². The van der Waals surface area contributed by atoms with Crippen molar-refractivity contribution < 1.29 is 4.74 Å². The molecule has 1 aliphatic heterocycles. The third-order valence-corrected chi connectivity index (χ3v) is 5.80. The van der Waals surface area contributed by atoms with E-state index in [0.717, 1.165) is 12.3 Å². The van der Waals surface area contributed by atoms with Gasteiger partial charge in [-0.25, -0.2) is 0 Å². The Labute approximate surface area is 168 Å². The summed E-state index contributed by atoms with van der Waals surface area (Å²) in [5.74, 6) is 0.986. The summed E-state index contributed by atoms with van der Waals surface area (Å²) in [6, 6.07) is 22.1. The molecule has 1 heterocycles. The second kappa shape index (κ2) is 8.76. The van der Waals surface area contributed by atoms with E-state index in [4.69, 9.17) is 4.74 Å². The van der Waals surface area contributed by atoms with Crippen molar-refractivity contribution in [1.29, 1.82) is 0 Å². The van der Waals surface area contributed by atoms with E-state index in [1.54, 1.807) is 0 Å². The first-order valence-electron chi connectivity index (χ1n) is 10.3. The number of hydrogen-bond acceptors (Lipinski definition) is 3. The topological polar surface area (TPSA) is 24.5 Å². The number of rotatable bonds is 6. The van der Waals surface area contributed by atoms with Gasteiger partial charge in [-0.15, -0.1) is 0 Å². The van der Waals surface area contributed by atoms with Crippen molar-refractivity contribution in [2.75, 3.05) is 20.1 Å². The predicted molar refractivity (Wildman–Crippen MR) is 117 cm³/mol. The highest BCUT2D eigenvalue weighted by Gasteiger charge is 2.17. The Morgan fingerprint density at radius 2 is 1.71 bits per heavy atom. The standard InChI is InChI=1S/C25H30N2O/c1-19-7-9-20(10-8-19)18-28-25-12-11-21-5-3-4-6-23(21)24(25)17-26-22-13-15-27(2)16-14-22/h3-12,22,26H,13-18H2,1-2H3. The lowest BCUT2D eigenvalue weighted by Gasteiger charge is -2.30. The molecule has 0 amide bonds. The predicted octanol–water partition coefficient (Wildman–Crippen LogP) is 4.91. The monoisotopic (exact) mass is 374 g/mol. The minimum atomic E-state index is 0.583. The number of ether oxygens (including phenoxy) is 1. The van der Waals surface area contributed by atoms with Crippen LogP contribution >= 0.6 is 0 Å². The molecule has 0 spiro atoms. The Hall–Kier alpha value is -2.36. The summed E-state index contributed by atoms with van der Waals surface area (Å²) in [4.78, 5) is 2.41. The Kier molecular flexibility index (Phi) is 5.94. The summed E-state index contributed by atoms with van der Waals surface area (Å²) in [7, 11) is 2.21. The van der Waals surface area contributed by atoms with E-state index < -0.39 is 0 Å². The van der Waals surface area contributed by atoms with Crippen LogP contribution in [0.3, 0.4) is 0 Å². The molecular formula is C25H30N2O. The van der Waals surface area contributed by atoms with E-state index in [0.29, 0.717) is 12.6 Å². The molecular weight excluding hydrogens is 344 g/mol. The summed E-state index contributed by atoms with van der Waals surface area (Å²) in [6.45, 7) is 5.90. The van der Waals surface area contributed by atoms with Crippen molar-refractivity contribution in [3.63, 3.8) is 0 Å². The highest BCUT2D eigenvalue weighted by Crippen LogP contribution is 2.29. The number of piperidine rings is 1. The van der Waals surface area contributed by atoms with Crippen LogP contribution in [0.25, 0.3) is 10.8 Å². The van der Waals surface area contributed by atoms with Gasteiger partial charge >= 0.3 is 0 Å². The molecule has 3 aromatic rings. The maximum Gasteiger partial charge on any atom is 0.124 e. The van der Waals surface area contributed by atoms with Gasteiger partial charge in [0, 0.05) is 18.2 Å². The molecule has 0 unspecified atom stereocenters. The summed E-state index contributed by atoms with van der Waals surface area (Å²) in [5, 5.41) is 6.34. The summed E-state index contributed by atoms with van der Waals surface area (Å²) < 4.78 is 6.28. The van der Waals surface area contributed by atoms with Gasteiger partial charge in [0.1, 0.15) is 12.4 Å². The third kappa shape index (κ3) is 4.54. The Morgan fingerprint density at radius 3 is 2.50 bits per heavy atom. The molecule has 0 atom stereocenters. The minimum Gasteiger partial charge on any atom is -0.489 e. The van der Waals surface area contributed by atoms with Gasteiger partial charge in [0.15, 0.2) is 0 Å². The molecule has 28 heavy (non-hydrogen) atoms. The SMILES string of the molecule is Cc1ccc(COc2ccc3ccccc3c2CNC2CCN(C)CC2)cc1. The van der Waals surface area contributed by atoms with Crippen LogP contribution in [0.5, 0.6) is 5.75 Å². The minimum absolute atomic E-state index is 0.583. The zero-order valence-corrected chi connectivity index (χ0v) is 16.9. The first kappa shape index (κ1) is 19.0. The van der Waals surface area contributed by atoms with Crippen LogP contribution in [0.1, 0.15) is 29.5 Å². The molecule has 0 aliphatic carbocycles. The second-order valence-electron chi connectivity index (χ2n) is 8.00. The number of benzene rings is 3. The third-order valence-electron chi connectivity index (χ3n) is 5.80. The van der Waals surface area contributed by atoms with E-state index in [-0.39, 0.29) is 0 Å². The number of hydrogen-bond donors (Lipinski definition) is 1. The zero-order valence-electron chi connectivity index (χ0n) is 16.9. The summed E-state index contributed by atoms with van der Waals surface area (Å²) in [6.07, 6.45) is 2.42. The van der Waals surface area contributed by atoms with Crippen LogP contribution in [0, 0.1) is 6.92 Å². The largest absolute Gasteiger partial charge is 0.489 e. The highest BCUT2D eigenvalue weighted by molar-refractivity contribution is 5.87. The van der Waals surface area contributed by atoms with Crippen molar-refractivity contribution in [3.8, 4) is 5.75 Å². The Bertz CT molecular complexity index is 911. The first-order valence-corrected chi connectivity index (χ1v) is 10.3. The van der Waals surface area contributed by atoms with E-state index in [2.05, 4.69) is 84.9 Å². The van der Waals surface area contributed by atoms with Crippen LogP contribution in [0.15, 0.2) is 60.7 Å². The lowest BCUT2D eigenvalue weighted by atomic mass is 10.0. The molecule has 4 rings (SSSR count). The average Bonchev–Trinajstić information content (AvgIpc) is 2.73. The molecule has 0 bridgehead atoms. The maximum absolute atomic E-state index is 6.28. The molecule has 3 heteroatoms. The van der Waals surface area contributed by atoms with Crippen LogP contribution in [-0.4, -0.2) is 31.1 Å². The van der Waals surface area contributed by atoms with Crippen LogP contribution < -0.4 is 10.1 Å². The van der Waals surface area contributed by atoms with Gasteiger partial charge in [0.2, 0.25) is 0 Å². The van der Waals surface area contributed by atoms with Crippen molar-refractivity contribution in [3.05, 3.63) is 77.4 Å². The highest BCUT2D eigenvalue weighted by atomic mass is 16.5. The fourth-order valence-corrected chi connectivity index (χ4v) is 3.94. The van der Waals surface area contributed by atoms with E-state index >= 15 is 0 Å². The fourth-order valence-electron chi connectivity index (χ4n) is 3.94. The first-order chi connectivity index (χ1) is 13.7. The molecule has 3 aromatic carbocycles. The quantitative estimate of drug-likeness (QED) is 0.663. The van der Waals surface area contributed by atoms with Gasteiger partial charge in [-0.05, 0) is 62.3 Å². The number of aryl methyl sites for hydroxylation is 1. The van der Waals surface area contributed by atoms with Gasteiger partial charge < -0.3 is 15.0 Å². The van der Waals surface area contributed by atoms with Crippen molar-refractivity contribution in [2.24, 2.45) is 0 Å². The number of nitrogens with zero attached hydrogens (tertiary/aromatic N) is 1. The van der Waals surface area contributed by atoms with Gasteiger partial charge in [0.05, 0.1) is 0 Å². The second-order valence-corrected chi connectivity index (χ2v) is 8.00. The molecule has 146 valence electrons. The van der Waals surface area contributed by atoms with Gasteiger partial charge in [-0.2, -0.15) is 0 Å². The van der Waals surface area contributed by atoms with E-state index in [1.165, 1.54) is 53.4 Å².